The minimum Gasteiger partial charge on any atom is -0.368 e. The summed E-state index contributed by atoms with van der Waals surface area (Å²) < 4.78 is 26.9. The highest BCUT2D eigenvalue weighted by Crippen LogP contribution is 2.24. The van der Waals surface area contributed by atoms with Gasteiger partial charge in [-0.25, -0.2) is 8.42 Å². The number of hydrogen-bond donors (Lipinski definition) is 0. The molecule has 1 heterocycles. The van der Waals surface area contributed by atoms with Crippen molar-refractivity contribution >= 4 is 38.9 Å². The van der Waals surface area contributed by atoms with Crippen LogP contribution in [0.4, 0.5) is 11.4 Å². The Morgan fingerprint density at radius 1 is 0.844 bits per heavy atom. The maximum absolute atomic E-state index is 12.9. The fourth-order valence-electron chi connectivity index (χ4n) is 3.71. The van der Waals surface area contributed by atoms with Crippen LogP contribution in [0, 0.1) is 0 Å². The Balaban J connectivity index is 1.42. The first-order valence-electron chi connectivity index (χ1n) is 10.3. The Bertz CT molecular complexity index is 1180. The van der Waals surface area contributed by atoms with Crippen molar-refractivity contribution in [3.8, 4) is 0 Å². The molecule has 0 bridgehead atoms. The van der Waals surface area contributed by atoms with Crippen LogP contribution in [0.25, 0.3) is 0 Å². The monoisotopic (exact) mass is 469 g/mol. The minimum absolute atomic E-state index is 0.0486. The van der Waals surface area contributed by atoms with Gasteiger partial charge in [-0.15, -0.1) is 0 Å². The SMILES string of the molecule is CN(c1ccc(C(=O)N2CCN(c3ccccc3)CC2)cc1)S(=O)(=O)c1ccc(Cl)cc1. The molecule has 0 atom stereocenters. The van der Waals surface area contributed by atoms with Crippen molar-refractivity contribution in [2.45, 2.75) is 4.90 Å². The zero-order valence-electron chi connectivity index (χ0n) is 17.7. The number of para-hydroxylation sites is 1. The smallest absolute Gasteiger partial charge is 0.264 e. The van der Waals surface area contributed by atoms with Crippen LogP contribution in [0.1, 0.15) is 10.4 Å². The third kappa shape index (κ3) is 4.59. The Hall–Kier alpha value is -3.03. The Morgan fingerprint density at radius 2 is 1.44 bits per heavy atom. The van der Waals surface area contributed by atoms with Gasteiger partial charge in [0.05, 0.1) is 10.6 Å². The zero-order chi connectivity index (χ0) is 22.7. The van der Waals surface area contributed by atoms with Gasteiger partial charge in [0.2, 0.25) is 0 Å². The summed E-state index contributed by atoms with van der Waals surface area (Å²) in [4.78, 5) is 17.2. The lowest BCUT2D eigenvalue weighted by Crippen LogP contribution is -2.48. The molecule has 3 aromatic rings. The Kier molecular flexibility index (Phi) is 6.39. The van der Waals surface area contributed by atoms with E-state index < -0.39 is 10.0 Å². The van der Waals surface area contributed by atoms with Gasteiger partial charge in [-0.3, -0.25) is 9.10 Å². The summed E-state index contributed by atoms with van der Waals surface area (Å²) in [6.45, 7) is 2.83. The van der Waals surface area contributed by atoms with Gasteiger partial charge in [0.1, 0.15) is 0 Å². The lowest BCUT2D eigenvalue weighted by atomic mass is 10.1. The van der Waals surface area contributed by atoms with E-state index in [0.717, 1.165) is 18.8 Å². The van der Waals surface area contributed by atoms with E-state index in [1.54, 1.807) is 36.4 Å². The van der Waals surface area contributed by atoms with Gasteiger partial charge in [-0.05, 0) is 60.7 Å². The number of piperazine rings is 1. The molecular formula is C24H24ClN3O3S. The van der Waals surface area contributed by atoms with E-state index >= 15 is 0 Å². The van der Waals surface area contributed by atoms with Gasteiger partial charge >= 0.3 is 0 Å². The lowest BCUT2D eigenvalue weighted by Gasteiger charge is -2.36. The third-order valence-corrected chi connectivity index (χ3v) is 7.69. The molecule has 0 unspecified atom stereocenters. The summed E-state index contributed by atoms with van der Waals surface area (Å²) in [6.07, 6.45) is 0. The fraction of sp³-hybridized carbons (Fsp3) is 0.208. The molecule has 0 N–H and O–H groups in total. The summed E-state index contributed by atoms with van der Waals surface area (Å²) in [6, 6.07) is 22.9. The van der Waals surface area contributed by atoms with Crippen molar-refractivity contribution < 1.29 is 13.2 Å². The highest BCUT2D eigenvalue weighted by Gasteiger charge is 2.24. The number of benzene rings is 3. The van der Waals surface area contributed by atoms with Crippen molar-refractivity contribution in [1.29, 1.82) is 0 Å². The number of nitrogens with zero attached hydrogens (tertiary/aromatic N) is 3. The molecular weight excluding hydrogens is 446 g/mol. The minimum atomic E-state index is -3.72. The van der Waals surface area contributed by atoms with Gasteiger partial charge in [-0.1, -0.05) is 29.8 Å². The Morgan fingerprint density at radius 3 is 2.03 bits per heavy atom. The molecule has 4 rings (SSSR count). The number of anilines is 2. The summed E-state index contributed by atoms with van der Waals surface area (Å²) in [7, 11) is -2.23. The Labute approximate surface area is 193 Å². The molecule has 6 nitrogen and oxygen atoms in total. The molecule has 1 saturated heterocycles. The number of amides is 1. The van der Waals surface area contributed by atoms with E-state index in [0.29, 0.717) is 29.4 Å². The highest BCUT2D eigenvalue weighted by atomic mass is 35.5. The second kappa shape index (κ2) is 9.22. The molecule has 32 heavy (non-hydrogen) atoms. The summed E-state index contributed by atoms with van der Waals surface area (Å²) in [5.41, 5.74) is 2.18. The molecule has 0 aromatic heterocycles. The van der Waals surface area contributed by atoms with Crippen LogP contribution in [-0.4, -0.2) is 52.5 Å². The van der Waals surface area contributed by atoms with Gasteiger partial charge in [-0.2, -0.15) is 0 Å². The van der Waals surface area contributed by atoms with E-state index in [9.17, 15) is 13.2 Å². The van der Waals surface area contributed by atoms with Crippen molar-refractivity contribution in [3.05, 3.63) is 89.4 Å². The molecule has 0 spiro atoms. The topological polar surface area (TPSA) is 60.9 Å². The number of carbonyl (C=O) groups excluding carboxylic acids is 1. The number of sulfonamides is 1. The predicted octanol–water partition coefficient (Wildman–Crippen LogP) is 4.13. The maximum atomic E-state index is 12.9. The number of hydrogen-bond acceptors (Lipinski definition) is 4. The van der Waals surface area contributed by atoms with Gasteiger partial charge in [0, 0.05) is 49.5 Å². The quantitative estimate of drug-likeness (QED) is 0.563. The first-order chi connectivity index (χ1) is 15.4. The van der Waals surface area contributed by atoms with Crippen LogP contribution in [-0.2, 0) is 10.0 Å². The van der Waals surface area contributed by atoms with Crippen LogP contribution in [0.3, 0.4) is 0 Å². The van der Waals surface area contributed by atoms with Crippen LogP contribution in [0.15, 0.2) is 83.8 Å². The van der Waals surface area contributed by atoms with Crippen LogP contribution >= 0.6 is 11.6 Å². The van der Waals surface area contributed by atoms with E-state index in [2.05, 4.69) is 17.0 Å². The van der Waals surface area contributed by atoms with Crippen molar-refractivity contribution in [2.75, 3.05) is 42.4 Å². The summed E-state index contributed by atoms with van der Waals surface area (Å²) in [5, 5.41) is 0.471. The molecule has 1 fully saturated rings. The largest absolute Gasteiger partial charge is 0.368 e. The molecule has 1 aliphatic heterocycles. The fourth-order valence-corrected chi connectivity index (χ4v) is 5.03. The highest BCUT2D eigenvalue weighted by molar-refractivity contribution is 7.92. The molecule has 3 aromatic carbocycles. The molecule has 0 saturated carbocycles. The summed E-state index contributed by atoms with van der Waals surface area (Å²) in [5.74, 6) is -0.0486. The molecule has 1 aliphatic rings. The maximum Gasteiger partial charge on any atom is 0.264 e. The number of carbonyl (C=O) groups is 1. The standard InChI is InChI=1S/C24H24ClN3O3S/c1-26(32(30,31)23-13-9-20(25)10-14-23)21-11-7-19(8-12-21)24(29)28-17-15-27(16-18-28)22-5-3-2-4-6-22/h2-14H,15-18H2,1H3. The zero-order valence-corrected chi connectivity index (χ0v) is 19.3. The third-order valence-electron chi connectivity index (χ3n) is 5.64. The molecule has 0 radical (unpaired) electrons. The second-order valence-corrected chi connectivity index (χ2v) is 9.99. The second-order valence-electron chi connectivity index (χ2n) is 7.59. The van der Waals surface area contributed by atoms with E-state index in [1.165, 1.54) is 23.5 Å². The van der Waals surface area contributed by atoms with E-state index in [1.807, 2.05) is 23.1 Å². The molecule has 1 amide bonds. The average Bonchev–Trinajstić information content (AvgIpc) is 2.84. The van der Waals surface area contributed by atoms with Crippen LogP contribution < -0.4 is 9.21 Å². The molecule has 0 aliphatic carbocycles. The van der Waals surface area contributed by atoms with E-state index in [-0.39, 0.29) is 10.8 Å². The predicted molar refractivity (Wildman–Crippen MR) is 128 cm³/mol. The van der Waals surface area contributed by atoms with Crippen molar-refractivity contribution in [3.63, 3.8) is 0 Å². The first kappa shape index (κ1) is 22.2. The van der Waals surface area contributed by atoms with Gasteiger partial charge < -0.3 is 9.80 Å². The number of halogens is 1. The van der Waals surface area contributed by atoms with Crippen molar-refractivity contribution in [2.24, 2.45) is 0 Å². The number of rotatable bonds is 5. The summed E-state index contributed by atoms with van der Waals surface area (Å²) >= 11 is 5.86. The van der Waals surface area contributed by atoms with Crippen molar-refractivity contribution in [1.82, 2.24) is 4.90 Å². The van der Waals surface area contributed by atoms with Crippen LogP contribution in [0.5, 0.6) is 0 Å². The lowest BCUT2D eigenvalue weighted by molar-refractivity contribution is 0.0747. The normalized spacial score (nSPS) is 14.3. The first-order valence-corrected chi connectivity index (χ1v) is 12.1. The molecule has 166 valence electrons. The van der Waals surface area contributed by atoms with Gasteiger partial charge in [0.25, 0.3) is 15.9 Å². The van der Waals surface area contributed by atoms with E-state index in [4.69, 9.17) is 11.6 Å². The molecule has 8 heteroatoms. The average molecular weight is 470 g/mol. The van der Waals surface area contributed by atoms with Gasteiger partial charge in [0.15, 0.2) is 0 Å². The van der Waals surface area contributed by atoms with Crippen LogP contribution in [0.2, 0.25) is 5.02 Å².